The minimum Gasteiger partial charge on any atom is -0.497 e. The van der Waals surface area contributed by atoms with Crippen molar-refractivity contribution in [3.63, 3.8) is 0 Å². The third kappa shape index (κ3) is 9.99. The van der Waals surface area contributed by atoms with Crippen LogP contribution in [0.3, 0.4) is 0 Å². The quantitative estimate of drug-likeness (QED) is 0.0983. The Bertz CT molecular complexity index is 1690. The first kappa shape index (κ1) is 36.9. The smallest absolute Gasteiger partial charge is 0.259 e. The zero-order valence-electron chi connectivity index (χ0n) is 28.8. The molecule has 2 aromatic carbocycles. The van der Waals surface area contributed by atoms with E-state index in [2.05, 4.69) is 0 Å². The molecule has 3 rings (SSSR count). The van der Waals surface area contributed by atoms with E-state index < -0.39 is 5.56 Å². The molecule has 0 saturated heterocycles. The second kappa shape index (κ2) is 17.4. The number of allylic oxidation sites excluding steroid dienone is 2. The van der Waals surface area contributed by atoms with E-state index in [0.29, 0.717) is 29.2 Å². The van der Waals surface area contributed by atoms with E-state index in [1.807, 2.05) is 67.4 Å². The van der Waals surface area contributed by atoms with Crippen molar-refractivity contribution in [1.82, 2.24) is 19.3 Å². The van der Waals surface area contributed by atoms with Crippen LogP contribution in [0.1, 0.15) is 29.8 Å². The average molecular weight is 661 g/mol. The molecule has 1 atom stereocenters. The largest absolute Gasteiger partial charge is 0.497 e. The maximum atomic E-state index is 13.9. The number of amides is 2. The molecule has 0 aliphatic carbocycles. The van der Waals surface area contributed by atoms with E-state index in [-0.39, 0.29) is 49.1 Å². The number of rotatable bonds is 16. The van der Waals surface area contributed by atoms with Crippen molar-refractivity contribution in [2.24, 2.45) is 0 Å². The number of benzene rings is 2. The van der Waals surface area contributed by atoms with Gasteiger partial charge in [-0.05, 0) is 42.3 Å². The van der Waals surface area contributed by atoms with Crippen LogP contribution in [-0.4, -0.2) is 100 Å². The molecule has 256 valence electrons. The molecule has 0 N–H and O–H groups in total. The minimum absolute atomic E-state index is 0.0958. The number of carbonyl (C=O) groups is 3. The number of pyridine rings is 1. The predicted molar refractivity (Wildman–Crippen MR) is 183 cm³/mol. The first-order chi connectivity index (χ1) is 22.9. The monoisotopic (exact) mass is 660 g/mol. The summed E-state index contributed by atoms with van der Waals surface area (Å²) in [6.45, 7) is 1.53. The van der Waals surface area contributed by atoms with Gasteiger partial charge in [-0.15, -0.1) is 0 Å². The molecule has 1 aromatic heterocycles. The molecular weight excluding hydrogens is 616 g/mol. The molecule has 2 amide bonds. The van der Waals surface area contributed by atoms with Gasteiger partial charge in [0, 0.05) is 59.5 Å². The molecule has 12 heteroatoms. The fourth-order valence-corrected chi connectivity index (χ4v) is 4.54. The summed E-state index contributed by atoms with van der Waals surface area (Å²) in [4.78, 5) is 55.1. The Hall–Kier alpha value is -5.52. The molecule has 1 heterocycles. The van der Waals surface area contributed by atoms with E-state index in [4.69, 9.17) is 18.9 Å². The van der Waals surface area contributed by atoms with Crippen molar-refractivity contribution in [2.45, 2.75) is 19.5 Å². The molecule has 0 fully saturated rings. The summed E-state index contributed by atoms with van der Waals surface area (Å²) in [7, 11) is 11.4. The summed E-state index contributed by atoms with van der Waals surface area (Å²) >= 11 is 0. The van der Waals surface area contributed by atoms with Crippen LogP contribution in [0.5, 0.6) is 17.2 Å². The number of hydrogen-bond donors (Lipinski definition) is 0. The summed E-state index contributed by atoms with van der Waals surface area (Å²) in [5, 5.41) is 0. The normalized spacial score (nSPS) is 12.1. The van der Waals surface area contributed by atoms with Crippen LogP contribution in [0, 0.1) is 0 Å². The van der Waals surface area contributed by atoms with Crippen LogP contribution in [0.4, 0.5) is 0 Å². The van der Waals surface area contributed by atoms with E-state index in [9.17, 15) is 19.2 Å². The van der Waals surface area contributed by atoms with Crippen LogP contribution in [-0.2, 0) is 25.7 Å². The highest BCUT2D eigenvalue weighted by Crippen LogP contribution is 2.32. The lowest BCUT2D eigenvalue weighted by atomic mass is 10.0. The molecule has 0 bridgehead atoms. The van der Waals surface area contributed by atoms with Crippen molar-refractivity contribution >= 4 is 23.8 Å². The standard InChI is InChI=1S/C36H44N4O8/c1-25(27-12-14-28(45-7)15-13-27)39(6)32(19-30(16-17-41)47-23-35(43)37(2)3)33-20-31(48-24-36(44)38(4)5)21-34(42)40(33)22-26-10-9-11-29(18-26)46-8/h9-21,25H,22-24H2,1-8H3/b30-16+,32-19-/t25-/m1/s1. The Balaban J connectivity index is 2.27. The molecule has 48 heavy (non-hydrogen) atoms. The van der Waals surface area contributed by atoms with Gasteiger partial charge in [-0.3, -0.25) is 19.2 Å². The summed E-state index contributed by atoms with van der Waals surface area (Å²) in [6.07, 6.45) is 3.37. The molecule has 0 unspecified atom stereocenters. The van der Waals surface area contributed by atoms with Crippen LogP contribution >= 0.6 is 0 Å². The van der Waals surface area contributed by atoms with Gasteiger partial charge >= 0.3 is 0 Å². The topological polar surface area (TPSA) is 120 Å². The Morgan fingerprint density at radius 3 is 2.08 bits per heavy atom. The van der Waals surface area contributed by atoms with Gasteiger partial charge in [-0.1, -0.05) is 24.3 Å². The fraction of sp³-hybridized carbons (Fsp3) is 0.333. The summed E-state index contributed by atoms with van der Waals surface area (Å²) < 4.78 is 23.9. The van der Waals surface area contributed by atoms with E-state index >= 15 is 0 Å². The molecule has 0 spiro atoms. The Morgan fingerprint density at radius 1 is 0.833 bits per heavy atom. The maximum absolute atomic E-state index is 13.9. The maximum Gasteiger partial charge on any atom is 0.259 e. The highest BCUT2D eigenvalue weighted by Gasteiger charge is 2.22. The molecule has 0 aliphatic heterocycles. The third-order valence-electron chi connectivity index (χ3n) is 7.63. The second-order valence-corrected chi connectivity index (χ2v) is 11.3. The number of carbonyl (C=O) groups excluding carboxylic acids is 3. The van der Waals surface area contributed by atoms with Gasteiger partial charge in [0.1, 0.15) is 29.3 Å². The zero-order valence-corrected chi connectivity index (χ0v) is 28.8. The molecule has 12 nitrogen and oxygen atoms in total. The van der Waals surface area contributed by atoms with E-state index in [0.717, 1.165) is 11.1 Å². The summed E-state index contributed by atoms with van der Waals surface area (Å²) in [6, 6.07) is 17.6. The lowest BCUT2D eigenvalue weighted by Gasteiger charge is -2.32. The number of hydrogen-bond acceptors (Lipinski definition) is 9. The highest BCUT2D eigenvalue weighted by molar-refractivity contribution is 5.78. The van der Waals surface area contributed by atoms with Gasteiger partial charge in [0.05, 0.1) is 38.2 Å². The summed E-state index contributed by atoms with van der Waals surface area (Å²) in [5.74, 6) is 1.00. The third-order valence-corrected chi connectivity index (χ3v) is 7.63. The number of likely N-dealkylation sites (N-methyl/N-ethyl adjacent to an activating group) is 2. The number of aromatic nitrogens is 1. The van der Waals surface area contributed by atoms with Gasteiger partial charge < -0.3 is 38.2 Å². The number of ether oxygens (including phenoxy) is 4. The van der Waals surface area contributed by atoms with Crippen molar-refractivity contribution in [2.75, 3.05) is 62.7 Å². The van der Waals surface area contributed by atoms with Gasteiger partial charge in [-0.25, -0.2) is 0 Å². The fourth-order valence-electron chi connectivity index (χ4n) is 4.54. The second-order valence-electron chi connectivity index (χ2n) is 11.3. The van der Waals surface area contributed by atoms with E-state index in [1.54, 1.807) is 59.1 Å². The SMILES string of the molecule is COc1ccc([C@@H](C)N(C)/C(=C\C(=C/C=O)OCC(=O)N(C)C)c2cc(OCC(=O)N(C)C)cc(=O)n2Cc2cccc(OC)c2)cc1. The van der Waals surface area contributed by atoms with Crippen LogP contribution < -0.4 is 19.8 Å². The molecular formula is C36H44N4O8. The molecule has 3 aromatic rings. The van der Waals surface area contributed by atoms with Crippen molar-refractivity contribution in [3.8, 4) is 17.2 Å². The first-order valence-corrected chi connectivity index (χ1v) is 15.2. The predicted octanol–water partition coefficient (Wildman–Crippen LogP) is 3.60. The minimum atomic E-state index is -0.399. The number of aldehydes is 1. The lowest BCUT2D eigenvalue weighted by Crippen LogP contribution is -2.30. The Kier molecular flexibility index (Phi) is 13.4. The van der Waals surface area contributed by atoms with Crippen LogP contribution in [0.2, 0.25) is 0 Å². The average Bonchev–Trinajstić information content (AvgIpc) is 3.08. The Morgan fingerprint density at radius 2 is 1.48 bits per heavy atom. The van der Waals surface area contributed by atoms with Gasteiger partial charge in [0.2, 0.25) is 0 Å². The number of methoxy groups -OCH3 is 2. The zero-order chi connectivity index (χ0) is 35.4. The van der Waals surface area contributed by atoms with Crippen molar-refractivity contribution in [3.05, 3.63) is 106 Å². The Labute approximate surface area is 281 Å². The van der Waals surface area contributed by atoms with Gasteiger partial charge in [-0.2, -0.15) is 0 Å². The summed E-state index contributed by atoms with van der Waals surface area (Å²) in [5.41, 5.74) is 2.19. The van der Waals surface area contributed by atoms with Crippen LogP contribution in [0.15, 0.2) is 83.4 Å². The van der Waals surface area contributed by atoms with E-state index in [1.165, 1.54) is 21.9 Å². The van der Waals surface area contributed by atoms with Crippen LogP contribution in [0.25, 0.3) is 5.70 Å². The number of nitrogens with zero attached hydrogens (tertiary/aromatic N) is 4. The van der Waals surface area contributed by atoms with Crippen molar-refractivity contribution < 1.29 is 33.3 Å². The first-order valence-electron chi connectivity index (χ1n) is 15.2. The highest BCUT2D eigenvalue weighted by atomic mass is 16.5. The van der Waals surface area contributed by atoms with Gasteiger partial charge in [0.25, 0.3) is 17.4 Å². The molecule has 0 saturated carbocycles. The molecule has 0 radical (unpaired) electrons. The lowest BCUT2D eigenvalue weighted by molar-refractivity contribution is -0.132. The molecule has 0 aliphatic rings. The van der Waals surface area contributed by atoms with Gasteiger partial charge in [0.15, 0.2) is 13.2 Å². The van der Waals surface area contributed by atoms with Crippen molar-refractivity contribution in [1.29, 1.82) is 0 Å².